The lowest BCUT2D eigenvalue weighted by Gasteiger charge is -2.21. The molecular weight excluding hydrogens is 272 g/mol. The fourth-order valence-corrected chi connectivity index (χ4v) is 4.21. The van der Waals surface area contributed by atoms with Crippen LogP contribution in [0.4, 0.5) is 14.6 Å². The van der Waals surface area contributed by atoms with Gasteiger partial charge in [0, 0.05) is 28.8 Å². The summed E-state index contributed by atoms with van der Waals surface area (Å²) in [5.41, 5.74) is 7.81. The van der Waals surface area contributed by atoms with Gasteiger partial charge in [-0.1, -0.05) is 6.42 Å². The highest BCUT2D eigenvalue weighted by Gasteiger charge is 2.42. The van der Waals surface area contributed by atoms with Crippen LogP contribution in [0.25, 0.3) is 11.1 Å². The number of halogens is 2. The van der Waals surface area contributed by atoms with E-state index in [1.54, 1.807) is 0 Å². The first kappa shape index (κ1) is 12.8. The van der Waals surface area contributed by atoms with E-state index >= 15 is 0 Å². The van der Waals surface area contributed by atoms with Crippen molar-refractivity contribution in [2.75, 3.05) is 5.73 Å². The summed E-state index contributed by atoms with van der Waals surface area (Å²) in [6, 6.07) is 3.60. The van der Waals surface area contributed by atoms with Crippen molar-refractivity contribution < 1.29 is 8.78 Å². The number of nitrogen functional groups attached to an aromatic ring is 1. The molecule has 3 nitrogen and oxygen atoms in total. The Hall–Kier alpha value is -1.91. The molecule has 2 fully saturated rings. The van der Waals surface area contributed by atoms with E-state index in [4.69, 9.17) is 5.73 Å². The average molecular weight is 289 g/mol. The quantitative estimate of drug-likeness (QED) is 0.882. The van der Waals surface area contributed by atoms with Crippen molar-refractivity contribution in [3.8, 4) is 11.1 Å². The molecule has 2 aromatic rings. The van der Waals surface area contributed by atoms with E-state index in [1.165, 1.54) is 31.4 Å². The topological polar surface area (TPSA) is 54.7 Å². The van der Waals surface area contributed by atoms with Gasteiger partial charge in [0.2, 0.25) is 0 Å². The number of anilines is 1. The van der Waals surface area contributed by atoms with E-state index < -0.39 is 11.6 Å². The minimum absolute atomic E-state index is 0.290. The zero-order chi connectivity index (χ0) is 14.6. The first-order chi connectivity index (χ1) is 10.1. The SMILES string of the molecule is Nc1n[nH]c(C2CC3CCC2C3)c1-c1ccc(F)cc1F. The lowest BCUT2D eigenvalue weighted by molar-refractivity contribution is 0.413. The number of nitrogens with zero attached hydrogens (tertiary/aromatic N) is 1. The molecule has 2 aliphatic rings. The lowest BCUT2D eigenvalue weighted by Crippen LogP contribution is -2.10. The molecule has 1 heterocycles. The number of fused-ring (bicyclic) bond motifs is 2. The molecule has 1 aromatic carbocycles. The molecule has 0 aliphatic heterocycles. The fraction of sp³-hybridized carbons (Fsp3) is 0.438. The van der Waals surface area contributed by atoms with Crippen LogP contribution in [0.5, 0.6) is 0 Å². The van der Waals surface area contributed by atoms with Gasteiger partial charge in [-0.3, -0.25) is 5.10 Å². The number of hydrogen-bond acceptors (Lipinski definition) is 2. The molecule has 5 heteroatoms. The molecular formula is C16H17F2N3. The van der Waals surface area contributed by atoms with Crippen LogP contribution >= 0.6 is 0 Å². The van der Waals surface area contributed by atoms with E-state index in [-0.39, 0.29) is 0 Å². The highest BCUT2D eigenvalue weighted by atomic mass is 19.1. The first-order valence-electron chi connectivity index (χ1n) is 7.42. The van der Waals surface area contributed by atoms with Crippen molar-refractivity contribution in [3.05, 3.63) is 35.5 Å². The summed E-state index contributed by atoms with van der Waals surface area (Å²) >= 11 is 0. The largest absolute Gasteiger partial charge is 0.382 e. The van der Waals surface area contributed by atoms with Crippen LogP contribution in [-0.4, -0.2) is 10.2 Å². The van der Waals surface area contributed by atoms with Gasteiger partial charge in [-0.15, -0.1) is 0 Å². The number of H-pyrrole nitrogens is 1. The third kappa shape index (κ3) is 1.94. The van der Waals surface area contributed by atoms with E-state index in [1.807, 2.05) is 0 Å². The number of nitrogens with two attached hydrogens (primary N) is 1. The van der Waals surface area contributed by atoms with Gasteiger partial charge in [0.15, 0.2) is 5.82 Å². The second kappa shape index (κ2) is 4.55. The minimum atomic E-state index is -0.590. The number of nitrogens with one attached hydrogen (secondary N) is 1. The van der Waals surface area contributed by atoms with Crippen molar-refractivity contribution >= 4 is 5.82 Å². The Morgan fingerprint density at radius 2 is 2.05 bits per heavy atom. The number of hydrogen-bond donors (Lipinski definition) is 2. The average Bonchev–Trinajstić information content (AvgIpc) is 3.14. The van der Waals surface area contributed by atoms with Gasteiger partial charge in [-0.2, -0.15) is 5.10 Å². The molecule has 0 radical (unpaired) electrons. The van der Waals surface area contributed by atoms with Crippen LogP contribution < -0.4 is 5.73 Å². The molecule has 0 spiro atoms. The maximum absolute atomic E-state index is 14.1. The Morgan fingerprint density at radius 1 is 1.19 bits per heavy atom. The lowest BCUT2D eigenvalue weighted by atomic mass is 9.84. The summed E-state index contributed by atoms with van der Waals surface area (Å²) in [6.45, 7) is 0. The summed E-state index contributed by atoms with van der Waals surface area (Å²) in [4.78, 5) is 0. The zero-order valence-electron chi connectivity index (χ0n) is 11.6. The van der Waals surface area contributed by atoms with E-state index in [0.29, 0.717) is 28.8 Å². The van der Waals surface area contributed by atoms with Gasteiger partial charge in [0.1, 0.15) is 11.6 Å². The molecule has 2 aliphatic carbocycles. The molecule has 0 amide bonds. The summed E-state index contributed by atoms with van der Waals surface area (Å²) < 4.78 is 27.2. The van der Waals surface area contributed by atoms with E-state index in [2.05, 4.69) is 10.2 Å². The molecule has 110 valence electrons. The van der Waals surface area contributed by atoms with E-state index in [9.17, 15) is 8.78 Å². The van der Waals surface area contributed by atoms with Gasteiger partial charge in [-0.25, -0.2) is 8.78 Å². The fourth-order valence-electron chi connectivity index (χ4n) is 4.21. The van der Waals surface area contributed by atoms with Gasteiger partial charge >= 0.3 is 0 Å². The van der Waals surface area contributed by atoms with Crippen molar-refractivity contribution in [2.45, 2.75) is 31.6 Å². The highest BCUT2D eigenvalue weighted by Crippen LogP contribution is 2.54. The van der Waals surface area contributed by atoms with Crippen molar-refractivity contribution in [1.82, 2.24) is 10.2 Å². The molecule has 1 aromatic heterocycles. The van der Waals surface area contributed by atoms with E-state index in [0.717, 1.165) is 24.1 Å². The molecule has 2 saturated carbocycles. The molecule has 3 atom stereocenters. The normalized spacial score (nSPS) is 27.4. The molecule has 4 rings (SSSR count). The predicted molar refractivity (Wildman–Crippen MR) is 76.5 cm³/mol. The first-order valence-corrected chi connectivity index (χ1v) is 7.42. The van der Waals surface area contributed by atoms with Crippen molar-refractivity contribution in [3.63, 3.8) is 0 Å². The van der Waals surface area contributed by atoms with Gasteiger partial charge in [-0.05, 0) is 43.2 Å². The monoisotopic (exact) mass is 289 g/mol. The Labute approximate surface area is 121 Å². The Kier molecular flexibility index (Phi) is 2.77. The Bertz CT molecular complexity index is 695. The molecule has 2 bridgehead atoms. The summed E-state index contributed by atoms with van der Waals surface area (Å²) in [7, 11) is 0. The maximum Gasteiger partial charge on any atom is 0.153 e. The molecule has 3 unspecified atom stereocenters. The van der Waals surface area contributed by atoms with Crippen LogP contribution in [0, 0.1) is 23.5 Å². The third-order valence-electron chi connectivity index (χ3n) is 5.13. The smallest absolute Gasteiger partial charge is 0.153 e. The molecule has 3 N–H and O–H groups in total. The molecule has 21 heavy (non-hydrogen) atoms. The summed E-state index contributed by atoms with van der Waals surface area (Å²) in [5.74, 6) is 0.895. The van der Waals surface area contributed by atoms with Gasteiger partial charge < -0.3 is 5.73 Å². The van der Waals surface area contributed by atoms with Crippen LogP contribution in [0.2, 0.25) is 0 Å². The van der Waals surface area contributed by atoms with Gasteiger partial charge in [0.25, 0.3) is 0 Å². The van der Waals surface area contributed by atoms with Crippen molar-refractivity contribution in [1.29, 1.82) is 0 Å². The number of benzene rings is 1. The number of rotatable bonds is 2. The highest BCUT2D eigenvalue weighted by molar-refractivity contribution is 5.77. The Balaban J connectivity index is 1.80. The zero-order valence-corrected chi connectivity index (χ0v) is 11.6. The molecule has 0 saturated heterocycles. The second-order valence-corrected chi connectivity index (χ2v) is 6.30. The maximum atomic E-state index is 14.1. The standard InChI is InChI=1S/C16H17F2N3/c17-10-3-4-11(13(18)7-10)14-15(20-21-16(14)19)12-6-8-1-2-9(12)5-8/h3-4,7-9,12H,1-2,5-6H2,(H3,19,20,21). The van der Waals surface area contributed by atoms with Crippen LogP contribution in [0.15, 0.2) is 18.2 Å². The summed E-state index contributed by atoms with van der Waals surface area (Å²) in [5, 5.41) is 7.08. The summed E-state index contributed by atoms with van der Waals surface area (Å²) in [6.07, 6.45) is 4.88. The van der Waals surface area contributed by atoms with Crippen LogP contribution in [0.3, 0.4) is 0 Å². The third-order valence-corrected chi connectivity index (χ3v) is 5.13. The van der Waals surface area contributed by atoms with Gasteiger partial charge in [0.05, 0.1) is 0 Å². The predicted octanol–water partition coefficient (Wildman–Crippen LogP) is 3.84. The minimum Gasteiger partial charge on any atom is -0.382 e. The van der Waals surface area contributed by atoms with Crippen LogP contribution in [0.1, 0.15) is 37.3 Å². The Morgan fingerprint density at radius 3 is 2.71 bits per heavy atom. The van der Waals surface area contributed by atoms with Crippen molar-refractivity contribution in [2.24, 2.45) is 11.8 Å². The number of aromatic nitrogens is 2. The second-order valence-electron chi connectivity index (χ2n) is 6.30. The van der Waals surface area contributed by atoms with Crippen LogP contribution in [-0.2, 0) is 0 Å². The number of aromatic amines is 1.